The number of carbonyl (C=O) groups excluding carboxylic acids is 1. The lowest BCUT2D eigenvalue weighted by atomic mass is 10.0. The molecule has 1 atom stereocenters. The first-order valence-corrected chi connectivity index (χ1v) is 9.27. The molecule has 1 aliphatic rings. The molecular formula is C19H24N2O2S. The van der Waals surface area contributed by atoms with Crippen LogP contribution >= 0.6 is 11.3 Å². The molecule has 1 amide bonds. The molecule has 0 radical (unpaired) electrons. The van der Waals surface area contributed by atoms with Gasteiger partial charge in [-0.15, -0.1) is 11.3 Å². The highest BCUT2D eigenvalue weighted by atomic mass is 32.1. The normalized spacial score (nSPS) is 16.7. The number of aryl methyl sites for hydroxylation is 1. The number of hydrogen-bond acceptors (Lipinski definition) is 4. The van der Waals surface area contributed by atoms with Crippen LogP contribution in [0.4, 0.5) is 0 Å². The molecule has 0 aliphatic carbocycles. The zero-order valence-electron chi connectivity index (χ0n) is 14.0. The molecule has 1 aromatic heterocycles. The Balaban J connectivity index is 1.68. The largest absolute Gasteiger partial charge is 0.379 e. The minimum absolute atomic E-state index is 0.0103. The maximum absolute atomic E-state index is 12.5. The van der Waals surface area contributed by atoms with Crippen LogP contribution in [0.5, 0.6) is 0 Å². The summed E-state index contributed by atoms with van der Waals surface area (Å²) in [4.78, 5) is 15.9. The van der Waals surface area contributed by atoms with E-state index in [0.717, 1.165) is 43.3 Å². The summed E-state index contributed by atoms with van der Waals surface area (Å²) in [5.41, 5.74) is 2.39. The fourth-order valence-corrected chi connectivity index (χ4v) is 3.60. The molecule has 4 nitrogen and oxygen atoms in total. The standard InChI is InChI=1S/C19H24N2O2S/c1-15-4-6-16(7-5-15)18(14-21-8-10-23-11-9-21)20-19(22)13-17-3-2-12-24-17/h2-7,12,18H,8-11,13-14H2,1H3,(H,20,22)/t18-/m0/s1. The fourth-order valence-electron chi connectivity index (χ4n) is 2.89. The molecule has 128 valence electrons. The van der Waals surface area contributed by atoms with Gasteiger partial charge in [0.1, 0.15) is 0 Å². The van der Waals surface area contributed by atoms with Crippen LogP contribution in [0.3, 0.4) is 0 Å². The van der Waals surface area contributed by atoms with Gasteiger partial charge < -0.3 is 10.1 Å². The molecule has 1 fully saturated rings. The maximum Gasteiger partial charge on any atom is 0.225 e. The van der Waals surface area contributed by atoms with Crippen molar-refractivity contribution in [1.82, 2.24) is 10.2 Å². The molecule has 1 aromatic carbocycles. The van der Waals surface area contributed by atoms with E-state index in [0.29, 0.717) is 6.42 Å². The SMILES string of the molecule is Cc1ccc([C@H](CN2CCOCC2)NC(=O)Cc2cccs2)cc1. The van der Waals surface area contributed by atoms with Crippen LogP contribution in [0, 0.1) is 6.92 Å². The lowest BCUT2D eigenvalue weighted by Gasteiger charge is -2.31. The zero-order chi connectivity index (χ0) is 16.8. The first kappa shape index (κ1) is 17.1. The summed E-state index contributed by atoms with van der Waals surface area (Å²) >= 11 is 1.62. The lowest BCUT2D eigenvalue weighted by molar-refractivity contribution is -0.121. The quantitative estimate of drug-likeness (QED) is 0.876. The van der Waals surface area contributed by atoms with Crippen LogP contribution in [0.25, 0.3) is 0 Å². The summed E-state index contributed by atoms with van der Waals surface area (Å²) in [5, 5.41) is 5.23. The summed E-state index contributed by atoms with van der Waals surface area (Å²) in [5.74, 6) is 0.0799. The van der Waals surface area contributed by atoms with Crippen molar-refractivity contribution < 1.29 is 9.53 Å². The number of morpholine rings is 1. The summed E-state index contributed by atoms with van der Waals surface area (Å²) in [6.45, 7) is 6.28. The number of carbonyl (C=O) groups is 1. The third kappa shape index (κ3) is 4.90. The van der Waals surface area contributed by atoms with E-state index < -0.39 is 0 Å². The molecule has 1 saturated heterocycles. The Bertz CT molecular complexity index is 634. The molecule has 0 spiro atoms. The van der Waals surface area contributed by atoms with E-state index in [-0.39, 0.29) is 11.9 Å². The molecule has 0 saturated carbocycles. The van der Waals surface area contributed by atoms with Gasteiger partial charge in [-0.25, -0.2) is 0 Å². The third-order valence-electron chi connectivity index (χ3n) is 4.27. The van der Waals surface area contributed by atoms with Crippen LogP contribution in [0.1, 0.15) is 22.0 Å². The number of thiophene rings is 1. The van der Waals surface area contributed by atoms with Gasteiger partial charge in [0.05, 0.1) is 25.7 Å². The molecule has 0 unspecified atom stereocenters. The highest BCUT2D eigenvalue weighted by Gasteiger charge is 2.20. The van der Waals surface area contributed by atoms with Crippen LogP contribution in [0.15, 0.2) is 41.8 Å². The predicted molar refractivity (Wildman–Crippen MR) is 97.3 cm³/mol. The second-order valence-electron chi connectivity index (χ2n) is 6.20. The highest BCUT2D eigenvalue weighted by molar-refractivity contribution is 7.10. The van der Waals surface area contributed by atoms with Gasteiger partial charge in [0, 0.05) is 24.5 Å². The second-order valence-corrected chi connectivity index (χ2v) is 7.23. The molecule has 1 N–H and O–H groups in total. The van der Waals surface area contributed by atoms with E-state index >= 15 is 0 Å². The number of nitrogens with one attached hydrogen (secondary N) is 1. The Morgan fingerprint density at radius 1 is 1.25 bits per heavy atom. The Hall–Kier alpha value is -1.69. The fraction of sp³-hybridized carbons (Fsp3) is 0.421. The van der Waals surface area contributed by atoms with Gasteiger partial charge in [-0.2, -0.15) is 0 Å². The third-order valence-corrected chi connectivity index (χ3v) is 5.15. The van der Waals surface area contributed by atoms with E-state index in [9.17, 15) is 4.79 Å². The van der Waals surface area contributed by atoms with Gasteiger partial charge >= 0.3 is 0 Å². The van der Waals surface area contributed by atoms with Crippen LogP contribution in [0.2, 0.25) is 0 Å². The van der Waals surface area contributed by atoms with E-state index in [1.807, 2.05) is 17.5 Å². The van der Waals surface area contributed by atoms with Gasteiger partial charge in [0.15, 0.2) is 0 Å². The number of nitrogens with zero attached hydrogens (tertiary/aromatic N) is 1. The smallest absolute Gasteiger partial charge is 0.225 e. The molecule has 3 rings (SSSR count). The molecule has 0 bridgehead atoms. The maximum atomic E-state index is 12.5. The molecule has 2 heterocycles. The van der Waals surface area contributed by atoms with Crippen molar-refractivity contribution in [2.75, 3.05) is 32.8 Å². The van der Waals surface area contributed by atoms with E-state index in [1.54, 1.807) is 11.3 Å². The number of hydrogen-bond donors (Lipinski definition) is 1. The number of rotatable bonds is 6. The minimum Gasteiger partial charge on any atom is -0.379 e. The van der Waals surface area contributed by atoms with Gasteiger partial charge in [-0.1, -0.05) is 35.9 Å². The van der Waals surface area contributed by atoms with E-state index in [1.165, 1.54) is 5.56 Å². The molecule has 2 aromatic rings. The lowest BCUT2D eigenvalue weighted by Crippen LogP contribution is -2.43. The summed E-state index contributed by atoms with van der Waals surface area (Å²) in [6, 6.07) is 12.4. The molecular weight excluding hydrogens is 320 g/mol. The Morgan fingerprint density at radius 2 is 2.00 bits per heavy atom. The average molecular weight is 344 g/mol. The predicted octanol–water partition coefficient (Wildman–Crippen LogP) is 2.79. The topological polar surface area (TPSA) is 41.6 Å². The van der Waals surface area contributed by atoms with E-state index in [2.05, 4.69) is 41.4 Å². The minimum atomic E-state index is 0.0103. The molecule has 5 heteroatoms. The summed E-state index contributed by atoms with van der Waals surface area (Å²) < 4.78 is 5.43. The van der Waals surface area contributed by atoms with Gasteiger partial charge in [-0.3, -0.25) is 9.69 Å². The second kappa shape index (κ2) is 8.42. The van der Waals surface area contributed by atoms with Crippen molar-refractivity contribution in [3.05, 3.63) is 57.8 Å². The highest BCUT2D eigenvalue weighted by Crippen LogP contribution is 2.17. The number of amides is 1. The van der Waals surface area contributed by atoms with Crippen LogP contribution < -0.4 is 5.32 Å². The number of ether oxygens (including phenoxy) is 1. The molecule has 24 heavy (non-hydrogen) atoms. The first-order valence-electron chi connectivity index (χ1n) is 8.39. The summed E-state index contributed by atoms with van der Waals surface area (Å²) in [6.07, 6.45) is 0.448. The van der Waals surface area contributed by atoms with Crippen LogP contribution in [-0.2, 0) is 16.0 Å². The Kier molecular flexibility index (Phi) is 6.01. The van der Waals surface area contributed by atoms with Gasteiger partial charge in [0.25, 0.3) is 0 Å². The van der Waals surface area contributed by atoms with Gasteiger partial charge in [0.2, 0.25) is 5.91 Å². The van der Waals surface area contributed by atoms with Crippen molar-refractivity contribution in [2.24, 2.45) is 0 Å². The zero-order valence-corrected chi connectivity index (χ0v) is 14.8. The van der Waals surface area contributed by atoms with Crippen molar-refractivity contribution in [1.29, 1.82) is 0 Å². The summed E-state index contributed by atoms with van der Waals surface area (Å²) in [7, 11) is 0. The average Bonchev–Trinajstić information content (AvgIpc) is 3.09. The van der Waals surface area contributed by atoms with Crippen molar-refractivity contribution >= 4 is 17.2 Å². The van der Waals surface area contributed by atoms with Crippen molar-refractivity contribution in [2.45, 2.75) is 19.4 Å². The Morgan fingerprint density at radius 3 is 2.67 bits per heavy atom. The van der Waals surface area contributed by atoms with Crippen molar-refractivity contribution in [3.8, 4) is 0 Å². The Labute approximate surface area is 147 Å². The number of benzene rings is 1. The van der Waals surface area contributed by atoms with Crippen LogP contribution in [-0.4, -0.2) is 43.7 Å². The first-order chi connectivity index (χ1) is 11.7. The van der Waals surface area contributed by atoms with Crippen molar-refractivity contribution in [3.63, 3.8) is 0 Å². The molecule has 1 aliphatic heterocycles. The van der Waals surface area contributed by atoms with E-state index in [4.69, 9.17) is 4.74 Å². The monoisotopic (exact) mass is 344 g/mol. The van der Waals surface area contributed by atoms with Gasteiger partial charge in [-0.05, 0) is 23.9 Å².